The van der Waals surface area contributed by atoms with Crippen molar-refractivity contribution in [2.75, 3.05) is 18.2 Å². The van der Waals surface area contributed by atoms with Crippen LogP contribution in [0.25, 0.3) is 15.9 Å². The maximum absolute atomic E-state index is 13.7. The minimum Gasteiger partial charge on any atom is -0.465 e. The lowest BCUT2D eigenvalue weighted by atomic mass is 10.2. The van der Waals surface area contributed by atoms with Gasteiger partial charge in [-0.1, -0.05) is 36.0 Å². The number of fused-ring (bicyclic) bond motifs is 3. The molecule has 0 aliphatic heterocycles. The monoisotopic (exact) mass is 505 g/mol. The first kappa shape index (κ1) is 23.3. The van der Waals surface area contributed by atoms with Gasteiger partial charge in [0.15, 0.2) is 5.16 Å². The summed E-state index contributed by atoms with van der Waals surface area (Å²) < 4.78 is 6.41. The summed E-state index contributed by atoms with van der Waals surface area (Å²) in [4.78, 5) is 45.4. The van der Waals surface area contributed by atoms with Crippen LogP contribution in [0, 0.1) is 6.92 Å². The fourth-order valence-electron chi connectivity index (χ4n) is 4.31. The molecule has 0 radical (unpaired) electrons. The van der Waals surface area contributed by atoms with Gasteiger partial charge in [0, 0.05) is 4.88 Å². The van der Waals surface area contributed by atoms with Gasteiger partial charge in [0.05, 0.1) is 35.2 Å². The van der Waals surface area contributed by atoms with Crippen LogP contribution in [0.3, 0.4) is 0 Å². The summed E-state index contributed by atoms with van der Waals surface area (Å²) in [5.74, 6) is -0.825. The number of para-hydroxylation sites is 1. The van der Waals surface area contributed by atoms with Crippen LogP contribution in [0.15, 0.2) is 58.5 Å². The van der Waals surface area contributed by atoms with E-state index in [4.69, 9.17) is 9.72 Å². The van der Waals surface area contributed by atoms with Crippen molar-refractivity contribution in [3.63, 3.8) is 0 Å². The SMILES string of the molecule is COC(=O)c1ccccc1NC(=O)CSc1nc2sc3c(c2c(=O)n1-c1cccc(C)c1)CCC3. The predicted octanol–water partition coefficient (Wildman–Crippen LogP) is 4.76. The average molecular weight is 506 g/mol. The molecule has 0 saturated heterocycles. The highest BCUT2D eigenvalue weighted by molar-refractivity contribution is 7.99. The number of carbonyl (C=O) groups is 2. The van der Waals surface area contributed by atoms with E-state index in [1.807, 2.05) is 31.2 Å². The molecule has 0 unspecified atom stereocenters. The van der Waals surface area contributed by atoms with Crippen molar-refractivity contribution in [1.29, 1.82) is 0 Å². The quantitative estimate of drug-likeness (QED) is 0.231. The summed E-state index contributed by atoms with van der Waals surface area (Å²) in [5, 5.41) is 3.94. The Balaban J connectivity index is 1.49. The maximum Gasteiger partial charge on any atom is 0.339 e. The van der Waals surface area contributed by atoms with Crippen LogP contribution in [0.5, 0.6) is 0 Å². The average Bonchev–Trinajstić information content (AvgIpc) is 3.43. The second-order valence-corrected chi connectivity index (χ2v) is 10.3. The van der Waals surface area contributed by atoms with Gasteiger partial charge in [0.1, 0.15) is 4.83 Å². The van der Waals surface area contributed by atoms with Gasteiger partial charge in [-0.05, 0) is 61.6 Å². The Morgan fingerprint density at radius 2 is 2.00 bits per heavy atom. The molecule has 1 N–H and O–H groups in total. The van der Waals surface area contributed by atoms with E-state index in [9.17, 15) is 14.4 Å². The van der Waals surface area contributed by atoms with Gasteiger partial charge in [0.2, 0.25) is 5.91 Å². The number of aryl methyl sites for hydroxylation is 3. The molecular weight excluding hydrogens is 482 g/mol. The van der Waals surface area contributed by atoms with Crippen LogP contribution in [-0.4, -0.2) is 34.3 Å². The Morgan fingerprint density at radius 1 is 1.17 bits per heavy atom. The zero-order valence-electron chi connectivity index (χ0n) is 19.3. The van der Waals surface area contributed by atoms with Crippen molar-refractivity contribution in [2.24, 2.45) is 0 Å². The Morgan fingerprint density at radius 3 is 2.80 bits per heavy atom. The van der Waals surface area contributed by atoms with E-state index in [1.165, 1.54) is 23.7 Å². The molecule has 4 aromatic rings. The molecule has 0 fully saturated rings. The highest BCUT2D eigenvalue weighted by atomic mass is 32.2. The van der Waals surface area contributed by atoms with E-state index in [0.29, 0.717) is 16.2 Å². The third kappa shape index (κ3) is 4.49. The molecule has 2 aromatic carbocycles. The van der Waals surface area contributed by atoms with Gasteiger partial charge < -0.3 is 10.1 Å². The van der Waals surface area contributed by atoms with Gasteiger partial charge >= 0.3 is 5.97 Å². The molecule has 7 nitrogen and oxygen atoms in total. The number of aromatic nitrogens is 2. The number of nitrogens with one attached hydrogen (secondary N) is 1. The molecule has 178 valence electrons. The van der Waals surface area contributed by atoms with E-state index in [1.54, 1.807) is 40.2 Å². The molecule has 1 amide bonds. The van der Waals surface area contributed by atoms with Crippen LogP contribution in [0.4, 0.5) is 5.69 Å². The molecule has 0 saturated carbocycles. The Hall–Kier alpha value is -3.43. The summed E-state index contributed by atoms with van der Waals surface area (Å²) >= 11 is 2.77. The number of methoxy groups -OCH3 is 1. The van der Waals surface area contributed by atoms with E-state index in [2.05, 4.69) is 5.32 Å². The number of carbonyl (C=O) groups excluding carboxylic acids is 2. The van der Waals surface area contributed by atoms with E-state index in [-0.39, 0.29) is 22.8 Å². The molecule has 0 atom stereocenters. The fraction of sp³-hybridized carbons (Fsp3) is 0.231. The van der Waals surface area contributed by atoms with Gasteiger partial charge in [-0.2, -0.15) is 0 Å². The van der Waals surface area contributed by atoms with E-state index < -0.39 is 5.97 Å². The van der Waals surface area contributed by atoms with Gasteiger partial charge in [-0.25, -0.2) is 9.78 Å². The molecule has 35 heavy (non-hydrogen) atoms. The number of hydrogen-bond acceptors (Lipinski definition) is 7. The van der Waals surface area contributed by atoms with Crippen LogP contribution in [0.2, 0.25) is 0 Å². The van der Waals surface area contributed by atoms with Crippen LogP contribution in [-0.2, 0) is 22.4 Å². The minimum absolute atomic E-state index is 0.0182. The number of thiophene rings is 1. The number of thioether (sulfide) groups is 1. The smallest absolute Gasteiger partial charge is 0.339 e. The normalized spacial score (nSPS) is 12.5. The second kappa shape index (κ2) is 9.67. The number of ether oxygens (including phenoxy) is 1. The highest BCUT2D eigenvalue weighted by Crippen LogP contribution is 2.36. The number of anilines is 1. The summed E-state index contributed by atoms with van der Waals surface area (Å²) in [7, 11) is 1.30. The molecule has 1 aliphatic rings. The lowest BCUT2D eigenvalue weighted by Gasteiger charge is -2.13. The standard InChI is InChI=1S/C26H23N3O4S2/c1-15-7-5-8-16(13-15)29-24(31)22-18-10-6-12-20(18)35-23(22)28-26(29)34-14-21(30)27-19-11-4-3-9-17(19)25(32)33-2/h3-5,7-9,11,13H,6,10,12,14H2,1-2H3,(H,27,30). The third-order valence-corrected chi connectivity index (χ3v) is 8.03. The van der Waals surface area contributed by atoms with Crippen molar-refractivity contribution in [3.8, 4) is 5.69 Å². The summed E-state index contributed by atoms with van der Waals surface area (Å²) in [6.07, 6.45) is 2.93. The zero-order valence-corrected chi connectivity index (χ0v) is 20.9. The Bertz CT molecular complexity index is 1520. The van der Waals surface area contributed by atoms with Crippen molar-refractivity contribution in [2.45, 2.75) is 31.3 Å². The minimum atomic E-state index is -0.528. The number of hydrogen-bond donors (Lipinski definition) is 1. The number of amides is 1. The zero-order chi connectivity index (χ0) is 24.5. The first-order valence-corrected chi connectivity index (χ1v) is 13.0. The lowest BCUT2D eigenvalue weighted by molar-refractivity contribution is -0.113. The Kier molecular flexibility index (Phi) is 6.44. The third-order valence-electron chi connectivity index (χ3n) is 5.91. The predicted molar refractivity (Wildman–Crippen MR) is 139 cm³/mol. The lowest BCUT2D eigenvalue weighted by Crippen LogP contribution is -2.23. The largest absolute Gasteiger partial charge is 0.465 e. The van der Waals surface area contributed by atoms with Crippen molar-refractivity contribution < 1.29 is 14.3 Å². The first-order chi connectivity index (χ1) is 17.0. The highest BCUT2D eigenvalue weighted by Gasteiger charge is 2.24. The maximum atomic E-state index is 13.7. The number of benzene rings is 2. The molecule has 0 spiro atoms. The molecule has 2 heterocycles. The van der Waals surface area contributed by atoms with Crippen LogP contribution >= 0.6 is 23.1 Å². The topological polar surface area (TPSA) is 90.3 Å². The first-order valence-electron chi connectivity index (χ1n) is 11.2. The van der Waals surface area contributed by atoms with Gasteiger partial charge in [0.25, 0.3) is 5.56 Å². The van der Waals surface area contributed by atoms with Gasteiger partial charge in [-0.3, -0.25) is 14.2 Å². The summed E-state index contributed by atoms with van der Waals surface area (Å²) in [6, 6.07) is 14.4. The molecule has 2 aromatic heterocycles. The fourth-order valence-corrected chi connectivity index (χ4v) is 6.43. The molecule has 0 bridgehead atoms. The molecule has 1 aliphatic carbocycles. The van der Waals surface area contributed by atoms with E-state index >= 15 is 0 Å². The summed E-state index contributed by atoms with van der Waals surface area (Å²) in [6.45, 7) is 1.97. The van der Waals surface area contributed by atoms with Crippen molar-refractivity contribution in [3.05, 3.63) is 80.5 Å². The second-order valence-electron chi connectivity index (χ2n) is 8.29. The number of rotatable bonds is 6. The van der Waals surface area contributed by atoms with Crippen LogP contribution < -0.4 is 10.9 Å². The summed E-state index contributed by atoms with van der Waals surface area (Å²) in [5.41, 5.74) is 3.42. The Labute approximate surface area is 210 Å². The molecule has 9 heteroatoms. The van der Waals surface area contributed by atoms with Crippen LogP contribution in [0.1, 0.15) is 32.8 Å². The van der Waals surface area contributed by atoms with E-state index in [0.717, 1.165) is 40.9 Å². The number of nitrogens with zero attached hydrogens (tertiary/aromatic N) is 2. The molecule has 5 rings (SSSR count). The molecular formula is C26H23N3O4S2. The van der Waals surface area contributed by atoms with Crippen molar-refractivity contribution in [1.82, 2.24) is 9.55 Å². The van der Waals surface area contributed by atoms with Gasteiger partial charge in [-0.15, -0.1) is 11.3 Å². The number of esters is 1. The van der Waals surface area contributed by atoms with Crippen molar-refractivity contribution >= 4 is 50.9 Å².